The summed E-state index contributed by atoms with van der Waals surface area (Å²) in [5, 5.41) is 19.7. The predicted octanol–water partition coefficient (Wildman–Crippen LogP) is 2.72. The van der Waals surface area contributed by atoms with Gasteiger partial charge < -0.3 is 9.84 Å². The van der Waals surface area contributed by atoms with Crippen molar-refractivity contribution in [3.05, 3.63) is 82.2 Å². The molecule has 26 heavy (non-hydrogen) atoms. The van der Waals surface area contributed by atoms with Crippen LogP contribution in [-0.4, -0.2) is 22.1 Å². The largest absolute Gasteiger partial charge is 0.494 e. The molecule has 0 amide bonds. The molecule has 0 fully saturated rings. The Kier molecular flexibility index (Phi) is 5.76. The second kappa shape index (κ2) is 7.99. The van der Waals surface area contributed by atoms with Crippen molar-refractivity contribution in [2.24, 2.45) is 0 Å². The third kappa shape index (κ3) is 3.42. The van der Waals surface area contributed by atoms with Gasteiger partial charge in [0.15, 0.2) is 5.78 Å². The maximum atomic E-state index is 12.9. The van der Waals surface area contributed by atoms with E-state index < -0.39 is 17.2 Å². The zero-order valence-electron chi connectivity index (χ0n) is 14.4. The minimum Gasteiger partial charge on any atom is -0.494 e. The van der Waals surface area contributed by atoms with Crippen LogP contribution in [0.4, 0.5) is 0 Å². The normalized spacial score (nSPS) is 10.0. The highest BCUT2D eigenvalue weighted by atomic mass is 16.5. The second-order valence-electron chi connectivity index (χ2n) is 5.47. The number of aromatic hydroxyl groups is 1. The van der Waals surface area contributed by atoms with Crippen LogP contribution < -0.4 is 10.3 Å². The molecule has 1 heterocycles. The molecule has 1 N–H and O–H groups in total. The quantitative estimate of drug-likeness (QED) is 0.612. The third-order valence-corrected chi connectivity index (χ3v) is 3.82. The lowest BCUT2D eigenvalue weighted by Crippen LogP contribution is -2.26. The lowest BCUT2D eigenvalue weighted by molar-refractivity contribution is 0.103. The minimum atomic E-state index is -0.660. The molecule has 0 unspecified atom stereocenters. The highest BCUT2D eigenvalue weighted by Gasteiger charge is 2.24. The molecule has 0 radical (unpaired) electrons. The molecule has 0 aliphatic heterocycles. The maximum absolute atomic E-state index is 12.9. The van der Waals surface area contributed by atoms with E-state index in [0.717, 1.165) is 4.57 Å². The van der Waals surface area contributed by atoms with Gasteiger partial charge >= 0.3 is 0 Å². The van der Waals surface area contributed by atoms with Crippen molar-refractivity contribution in [3.8, 4) is 17.7 Å². The number of nitrogens with zero attached hydrogens (tertiary/aromatic N) is 2. The zero-order chi connectivity index (χ0) is 19.3. The van der Waals surface area contributed by atoms with Crippen LogP contribution in [0.2, 0.25) is 0 Å². The second-order valence-corrected chi connectivity index (χ2v) is 5.47. The van der Waals surface area contributed by atoms with E-state index in [9.17, 15) is 20.0 Å². The summed E-state index contributed by atoms with van der Waals surface area (Å²) in [7, 11) is 0. The summed E-state index contributed by atoms with van der Waals surface area (Å²) < 4.78 is 6.32. The summed E-state index contributed by atoms with van der Waals surface area (Å²) in [4.78, 5) is 25.2. The number of pyridine rings is 1. The molecule has 1 aromatic heterocycles. The molecule has 0 aliphatic rings. The Morgan fingerprint density at radius 2 is 1.96 bits per heavy atom. The first kappa shape index (κ1) is 18.7. The number of allylic oxidation sites excluding steroid dienone is 1. The van der Waals surface area contributed by atoms with Crippen LogP contribution in [0, 0.1) is 18.3 Å². The van der Waals surface area contributed by atoms with Crippen LogP contribution >= 0.6 is 0 Å². The van der Waals surface area contributed by atoms with Crippen LogP contribution in [0.3, 0.4) is 0 Å². The first-order valence-corrected chi connectivity index (χ1v) is 7.82. The maximum Gasteiger partial charge on any atom is 0.271 e. The summed E-state index contributed by atoms with van der Waals surface area (Å²) in [5.41, 5.74) is -0.483. The standard InChI is InChI=1S/C20H18N2O4/c1-4-10-22-19(24)16(12-21)13(3)17(20(22)25)18(23)14-6-8-15(9-7-14)26-11-5-2/h4-9,25H,1-2,10-11H2,3H3. The fourth-order valence-corrected chi connectivity index (χ4v) is 2.52. The van der Waals surface area contributed by atoms with Gasteiger partial charge in [0.05, 0.1) is 5.56 Å². The molecule has 0 saturated heterocycles. The van der Waals surface area contributed by atoms with E-state index in [4.69, 9.17) is 4.74 Å². The number of hydrogen-bond donors (Lipinski definition) is 1. The van der Waals surface area contributed by atoms with E-state index in [1.54, 1.807) is 30.3 Å². The summed E-state index contributed by atoms with van der Waals surface area (Å²) in [6.07, 6.45) is 3.00. The summed E-state index contributed by atoms with van der Waals surface area (Å²) in [5.74, 6) is -0.412. The first-order chi connectivity index (χ1) is 12.5. The fourth-order valence-electron chi connectivity index (χ4n) is 2.52. The molecule has 132 valence electrons. The number of rotatable bonds is 7. The monoisotopic (exact) mass is 350 g/mol. The Hall–Kier alpha value is -3.59. The molecule has 6 nitrogen and oxygen atoms in total. The van der Waals surface area contributed by atoms with Crippen LogP contribution in [0.1, 0.15) is 27.0 Å². The van der Waals surface area contributed by atoms with Crippen LogP contribution in [0.5, 0.6) is 11.6 Å². The van der Waals surface area contributed by atoms with Crippen molar-refractivity contribution in [2.45, 2.75) is 13.5 Å². The number of hydrogen-bond acceptors (Lipinski definition) is 5. The molecule has 1 aromatic carbocycles. The van der Waals surface area contributed by atoms with Gasteiger partial charge in [0.25, 0.3) is 5.56 Å². The number of benzene rings is 1. The molecular weight excluding hydrogens is 332 g/mol. The number of ketones is 1. The number of carbonyl (C=O) groups is 1. The smallest absolute Gasteiger partial charge is 0.271 e. The molecule has 0 atom stereocenters. The van der Waals surface area contributed by atoms with Crippen LogP contribution in [0.25, 0.3) is 0 Å². The highest BCUT2D eigenvalue weighted by molar-refractivity contribution is 6.11. The van der Waals surface area contributed by atoms with Crippen molar-refractivity contribution >= 4 is 5.78 Å². The number of aromatic nitrogens is 1. The summed E-state index contributed by atoms with van der Waals surface area (Å²) >= 11 is 0. The van der Waals surface area contributed by atoms with E-state index in [2.05, 4.69) is 13.2 Å². The molecule has 2 aromatic rings. The molecule has 0 saturated carbocycles. The Balaban J connectivity index is 2.57. The Morgan fingerprint density at radius 3 is 2.50 bits per heavy atom. The Bertz CT molecular complexity index is 963. The van der Waals surface area contributed by atoms with Crippen molar-refractivity contribution in [1.29, 1.82) is 5.26 Å². The molecule has 6 heteroatoms. The topological polar surface area (TPSA) is 92.3 Å². The Morgan fingerprint density at radius 1 is 1.31 bits per heavy atom. The number of nitriles is 1. The summed E-state index contributed by atoms with van der Waals surface area (Å²) in [6.45, 7) is 8.87. The molecule has 0 bridgehead atoms. The highest BCUT2D eigenvalue weighted by Crippen LogP contribution is 2.25. The number of carbonyl (C=O) groups excluding carboxylic acids is 1. The average molecular weight is 350 g/mol. The van der Waals surface area contributed by atoms with Crippen LogP contribution in [-0.2, 0) is 6.54 Å². The van der Waals surface area contributed by atoms with Crippen molar-refractivity contribution in [1.82, 2.24) is 4.57 Å². The van der Waals surface area contributed by atoms with E-state index in [0.29, 0.717) is 17.9 Å². The zero-order valence-corrected chi connectivity index (χ0v) is 14.4. The van der Waals surface area contributed by atoms with Gasteiger partial charge in [0, 0.05) is 12.1 Å². The summed E-state index contributed by atoms with van der Waals surface area (Å²) in [6, 6.07) is 8.15. The molecule has 0 spiro atoms. The van der Waals surface area contributed by atoms with Gasteiger partial charge in [-0.1, -0.05) is 18.7 Å². The fraction of sp³-hybridized carbons (Fsp3) is 0.150. The van der Waals surface area contributed by atoms with E-state index >= 15 is 0 Å². The van der Waals surface area contributed by atoms with E-state index in [1.165, 1.54) is 13.0 Å². The van der Waals surface area contributed by atoms with Crippen molar-refractivity contribution < 1.29 is 14.6 Å². The molecule has 2 rings (SSSR count). The van der Waals surface area contributed by atoms with Gasteiger partial charge in [-0.3, -0.25) is 14.2 Å². The van der Waals surface area contributed by atoms with Crippen molar-refractivity contribution in [2.75, 3.05) is 6.61 Å². The predicted molar refractivity (Wildman–Crippen MR) is 97.6 cm³/mol. The van der Waals surface area contributed by atoms with Gasteiger partial charge in [0.1, 0.15) is 24.0 Å². The molecule has 0 aliphatic carbocycles. The Labute approximate surface area is 150 Å². The lowest BCUT2D eigenvalue weighted by atomic mass is 9.97. The van der Waals surface area contributed by atoms with E-state index in [1.807, 2.05) is 6.07 Å². The van der Waals surface area contributed by atoms with E-state index in [-0.39, 0.29) is 23.2 Å². The van der Waals surface area contributed by atoms with Gasteiger partial charge in [-0.05, 0) is 36.8 Å². The third-order valence-electron chi connectivity index (χ3n) is 3.82. The molecular formula is C20H18N2O4. The van der Waals surface area contributed by atoms with Gasteiger partial charge in [0.2, 0.25) is 5.88 Å². The SMILES string of the molecule is C=CCOc1ccc(C(=O)c2c(C)c(C#N)c(=O)n(CC=C)c2O)cc1. The lowest BCUT2D eigenvalue weighted by Gasteiger charge is -2.14. The van der Waals surface area contributed by atoms with Crippen molar-refractivity contribution in [3.63, 3.8) is 0 Å². The minimum absolute atomic E-state index is 0.0196. The van der Waals surface area contributed by atoms with Crippen LogP contribution in [0.15, 0.2) is 54.4 Å². The van der Waals surface area contributed by atoms with Gasteiger partial charge in [-0.25, -0.2) is 0 Å². The van der Waals surface area contributed by atoms with Gasteiger partial charge in [-0.15, -0.1) is 6.58 Å². The number of ether oxygens (including phenoxy) is 1. The first-order valence-electron chi connectivity index (χ1n) is 7.82. The average Bonchev–Trinajstić information content (AvgIpc) is 2.64. The van der Waals surface area contributed by atoms with Gasteiger partial charge in [-0.2, -0.15) is 5.26 Å².